The lowest BCUT2D eigenvalue weighted by atomic mass is 10.1. The van der Waals surface area contributed by atoms with E-state index in [0.29, 0.717) is 11.5 Å². The minimum absolute atomic E-state index is 0.0231. The molecule has 0 saturated carbocycles. The summed E-state index contributed by atoms with van der Waals surface area (Å²) in [6.07, 6.45) is 0. The third kappa shape index (κ3) is 4.72. The Labute approximate surface area is 155 Å². The van der Waals surface area contributed by atoms with Crippen molar-refractivity contribution >= 4 is 17.6 Å². The predicted octanol–water partition coefficient (Wildman–Crippen LogP) is 2.33. The highest BCUT2D eigenvalue weighted by Gasteiger charge is 2.18. The van der Waals surface area contributed by atoms with Gasteiger partial charge in [-0.25, -0.2) is 4.79 Å². The molecule has 142 valence electrons. The first-order valence-electron chi connectivity index (χ1n) is 7.76. The van der Waals surface area contributed by atoms with Crippen molar-refractivity contribution in [2.75, 3.05) is 21.3 Å². The first kappa shape index (κ1) is 19.7. The summed E-state index contributed by atoms with van der Waals surface area (Å²) in [7, 11) is 4.16. The van der Waals surface area contributed by atoms with Gasteiger partial charge in [-0.05, 0) is 23.8 Å². The zero-order valence-electron chi connectivity index (χ0n) is 15.0. The lowest BCUT2D eigenvalue weighted by Crippen LogP contribution is -2.23. The van der Waals surface area contributed by atoms with Crippen molar-refractivity contribution in [3.05, 3.63) is 63.2 Å². The summed E-state index contributed by atoms with van der Waals surface area (Å²) in [5.74, 6) is -0.284. The van der Waals surface area contributed by atoms with Crippen LogP contribution in [0.4, 0.5) is 5.69 Å². The molecule has 0 unspecified atom stereocenters. The Morgan fingerprint density at radius 1 is 1.00 bits per heavy atom. The molecule has 2 aromatic carbocycles. The van der Waals surface area contributed by atoms with Crippen molar-refractivity contribution in [1.82, 2.24) is 5.32 Å². The molecule has 0 saturated heterocycles. The second-order valence-corrected chi connectivity index (χ2v) is 5.39. The lowest BCUT2D eigenvalue weighted by Gasteiger charge is -2.11. The number of nitrogens with zero attached hydrogens (tertiary/aromatic N) is 1. The van der Waals surface area contributed by atoms with Crippen LogP contribution in [0, 0.1) is 10.1 Å². The van der Waals surface area contributed by atoms with Crippen molar-refractivity contribution in [2.24, 2.45) is 0 Å². The van der Waals surface area contributed by atoms with Crippen molar-refractivity contribution in [3.63, 3.8) is 0 Å². The quantitative estimate of drug-likeness (QED) is 0.449. The molecule has 0 aromatic heterocycles. The Hall–Kier alpha value is -3.62. The molecule has 0 aliphatic carbocycles. The zero-order chi connectivity index (χ0) is 20.0. The van der Waals surface area contributed by atoms with Crippen LogP contribution in [0.1, 0.15) is 26.3 Å². The highest BCUT2D eigenvalue weighted by Crippen LogP contribution is 2.27. The highest BCUT2D eigenvalue weighted by molar-refractivity contribution is 5.98. The van der Waals surface area contributed by atoms with E-state index in [1.54, 1.807) is 18.2 Å². The Kier molecular flexibility index (Phi) is 6.32. The number of carbonyl (C=O) groups is 2. The summed E-state index contributed by atoms with van der Waals surface area (Å²) in [4.78, 5) is 34.4. The van der Waals surface area contributed by atoms with Crippen molar-refractivity contribution in [2.45, 2.75) is 6.54 Å². The molecular weight excluding hydrogens is 356 g/mol. The van der Waals surface area contributed by atoms with Crippen LogP contribution < -0.4 is 14.8 Å². The largest absolute Gasteiger partial charge is 0.493 e. The third-order valence-corrected chi connectivity index (χ3v) is 3.71. The fourth-order valence-electron chi connectivity index (χ4n) is 2.36. The fourth-order valence-corrected chi connectivity index (χ4v) is 2.36. The number of nitro benzene ring substituents is 1. The summed E-state index contributed by atoms with van der Waals surface area (Å²) in [6, 6.07) is 8.53. The van der Waals surface area contributed by atoms with E-state index in [-0.39, 0.29) is 23.4 Å². The van der Waals surface area contributed by atoms with Crippen LogP contribution >= 0.6 is 0 Å². The molecule has 1 amide bonds. The van der Waals surface area contributed by atoms with E-state index >= 15 is 0 Å². The third-order valence-electron chi connectivity index (χ3n) is 3.71. The minimum atomic E-state index is -0.771. The van der Waals surface area contributed by atoms with Gasteiger partial charge in [-0.15, -0.1) is 0 Å². The van der Waals surface area contributed by atoms with E-state index in [2.05, 4.69) is 10.1 Å². The number of benzene rings is 2. The monoisotopic (exact) mass is 374 g/mol. The van der Waals surface area contributed by atoms with Crippen molar-refractivity contribution in [3.8, 4) is 11.5 Å². The Balaban J connectivity index is 2.21. The summed E-state index contributed by atoms with van der Waals surface area (Å²) in [5, 5.41) is 13.7. The topological polar surface area (TPSA) is 117 Å². The number of nitrogens with one attached hydrogen (secondary N) is 1. The number of rotatable bonds is 7. The number of methoxy groups -OCH3 is 3. The summed E-state index contributed by atoms with van der Waals surface area (Å²) in [6.45, 7) is 0.148. The maximum Gasteiger partial charge on any atom is 0.338 e. The molecule has 0 radical (unpaired) electrons. The van der Waals surface area contributed by atoms with Gasteiger partial charge >= 0.3 is 5.97 Å². The number of ether oxygens (including phenoxy) is 3. The Morgan fingerprint density at radius 2 is 1.67 bits per heavy atom. The molecule has 1 N–H and O–H groups in total. The zero-order valence-corrected chi connectivity index (χ0v) is 15.0. The molecule has 9 heteroatoms. The van der Waals surface area contributed by atoms with Crippen LogP contribution in [-0.2, 0) is 11.3 Å². The van der Waals surface area contributed by atoms with Crippen molar-refractivity contribution in [1.29, 1.82) is 0 Å². The molecule has 0 bridgehead atoms. The molecule has 0 fully saturated rings. The molecule has 0 spiro atoms. The average Bonchev–Trinajstić information content (AvgIpc) is 2.70. The molecule has 9 nitrogen and oxygen atoms in total. The number of amides is 1. The van der Waals surface area contributed by atoms with Gasteiger partial charge in [-0.1, -0.05) is 6.07 Å². The van der Waals surface area contributed by atoms with Gasteiger partial charge in [-0.2, -0.15) is 0 Å². The van der Waals surface area contributed by atoms with E-state index in [0.717, 1.165) is 24.8 Å². The van der Waals surface area contributed by atoms with E-state index in [4.69, 9.17) is 9.47 Å². The fraction of sp³-hybridized carbons (Fsp3) is 0.222. The number of esters is 1. The standard InChI is InChI=1S/C18H18N2O7/c1-25-15-5-4-11(6-16(15)26-2)10-19-17(21)12-7-13(18(22)27-3)9-14(8-12)20(23)24/h4-9H,10H2,1-3H3,(H,19,21). The second-order valence-electron chi connectivity index (χ2n) is 5.39. The number of hydrogen-bond acceptors (Lipinski definition) is 7. The van der Waals surface area contributed by atoms with Gasteiger partial charge < -0.3 is 19.5 Å². The van der Waals surface area contributed by atoms with E-state index in [1.807, 2.05) is 0 Å². The van der Waals surface area contributed by atoms with E-state index in [1.165, 1.54) is 20.3 Å². The number of nitro groups is 1. The van der Waals surface area contributed by atoms with Crippen LogP contribution in [0.3, 0.4) is 0 Å². The molecular formula is C18H18N2O7. The summed E-state index contributed by atoms with van der Waals surface area (Å²) in [5.41, 5.74) is 0.252. The normalized spacial score (nSPS) is 10.0. The van der Waals surface area contributed by atoms with Gasteiger partial charge in [0.15, 0.2) is 11.5 Å². The first-order valence-corrected chi connectivity index (χ1v) is 7.76. The molecule has 2 aromatic rings. The summed E-state index contributed by atoms with van der Waals surface area (Å²) < 4.78 is 14.9. The highest BCUT2D eigenvalue weighted by atomic mass is 16.6. The van der Waals surface area contributed by atoms with Crippen LogP contribution in [0.15, 0.2) is 36.4 Å². The smallest absolute Gasteiger partial charge is 0.338 e. The maximum atomic E-state index is 12.4. The molecule has 27 heavy (non-hydrogen) atoms. The Morgan fingerprint density at radius 3 is 2.26 bits per heavy atom. The van der Waals surface area contributed by atoms with Crippen LogP contribution in [0.2, 0.25) is 0 Å². The van der Waals surface area contributed by atoms with Crippen LogP contribution in [0.5, 0.6) is 11.5 Å². The van der Waals surface area contributed by atoms with Crippen LogP contribution in [0.25, 0.3) is 0 Å². The molecule has 2 rings (SSSR count). The van der Waals surface area contributed by atoms with Gasteiger partial charge in [0.25, 0.3) is 11.6 Å². The number of carbonyl (C=O) groups excluding carboxylic acids is 2. The SMILES string of the molecule is COC(=O)c1cc(C(=O)NCc2ccc(OC)c(OC)c2)cc([N+](=O)[O-])c1. The second kappa shape index (κ2) is 8.65. The van der Waals surface area contributed by atoms with Gasteiger partial charge in [0.1, 0.15) is 0 Å². The van der Waals surface area contributed by atoms with Gasteiger partial charge in [0, 0.05) is 24.2 Å². The molecule has 0 atom stereocenters. The van der Waals surface area contributed by atoms with Gasteiger partial charge in [0.05, 0.1) is 31.8 Å². The number of non-ortho nitro benzene ring substituents is 1. The van der Waals surface area contributed by atoms with Crippen molar-refractivity contribution < 1.29 is 28.7 Å². The molecule has 0 heterocycles. The number of hydrogen-bond donors (Lipinski definition) is 1. The van der Waals surface area contributed by atoms with Gasteiger partial charge in [0.2, 0.25) is 0 Å². The average molecular weight is 374 g/mol. The summed E-state index contributed by atoms with van der Waals surface area (Å²) >= 11 is 0. The van der Waals surface area contributed by atoms with E-state index < -0.39 is 16.8 Å². The first-order chi connectivity index (χ1) is 12.9. The maximum absolute atomic E-state index is 12.4. The minimum Gasteiger partial charge on any atom is -0.493 e. The molecule has 0 aliphatic rings. The predicted molar refractivity (Wildman–Crippen MR) is 95.2 cm³/mol. The molecule has 0 aliphatic heterocycles. The lowest BCUT2D eigenvalue weighted by molar-refractivity contribution is -0.384. The Bertz CT molecular complexity index is 880. The van der Waals surface area contributed by atoms with Gasteiger partial charge in [-0.3, -0.25) is 14.9 Å². The van der Waals surface area contributed by atoms with E-state index in [9.17, 15) is 19.7 Å². The van der Waals surface area contributed by atoms with Crippen LogP contribution in [-0.4, -0.2) is 38.1 Å².